The van der Waals surface area contributed by atoms with E-state index in [2.05, 4.69) is 15.2 Å². The van der Waals surface area contributed by atoms with Crippen molar-refractivity contribution < 1.29 is 27.8 Å². The quantitative estimate of drug-likeness (QED) is 0.354. The second-order valence-corrected chi connectivity index (χ2v) is 9.55. The van der Waals surface area contributed by atoms with Crippen LogP contribution in [-0.2, 0) is 12.1 Å². The van der Waals surface area contributed by atoms with Gasteiger partial charge in [0.05, 0.1) is 18.4 Å². The van der Waals surface area contributed by atoms with Crippen LogP contribution < -0.4 is 9.47 Å². The van der Waals surface area contributed by atoms with Gasteiger partial charge in [-0.1, -0.05) is 6.07 Å². The molecule has 0 bridgehead atoms. The molecular weight excluding hydrogens is 482 g/mol. The number of oxazole rings is 1. The Morgan fingerprint density at radius 3 is 2.62 bits per heavy atom. The lowest BCUT2D eigenvalue weighted by molar-refractivity contribution is -0.137. The minimum atomic E-state index is -1.43. The summed E-state index contributed by atoms with van der Waals surface area (Å²) in [6, 6.07) is 8.94. The first-order valence-electron chi connectivity index (χ1n) is 12.1. The Morgan fingerprint density at radius 1 is 1.14 bits per heavy atom. The van der Waals surface area contributed by atoms with E-state index in [0.717, 1.165) is 23.3 Å². The maximum atomic E-state index is 14.0. The van der Waals surface area contributed by atoms with Crippen LogP contribution in [0.3, 0.4) is 0 Å². The highest BCUT2D eigenvalue weighted by Gasteiger charge is 2.53. The molecule has 4 aromatic rings. The van der Waals surface area contributed by atoms with Crippen molar-refractivity contribution in [3.8, 4) is 34.2 Å². The Balaban J connectivity index is 1.59. The monoisotopic (exact) mass is 510 g/mol. The van der Waals surface area contributed by atoms with E-state index in [-0.39, 0.29) is 5.75 Å². The van der Waals surface area contributed by atoms with Gasteiger partial charge in [-0.05, 0) is 57.9 Å². The minimum absolute atomic E-state index is 0.0874. The summed E-state index contributed by atoms with van der Waals surface area (Å²) in [5.41, 5.74) is -1.26. The van der Waals surface area contributed by atoms with Gasteiger partial charge in [-0.3, -0.25) is 0 Å². The molecule has 1 atom stereocenters. The molecule has 3 heterocycles. The average molecular weight is 511 g/mol. The van der Waals surface area contributed by atoms with E-state index in [1.54, 1.807) is 27.0 Å². The molecular formula is C27H28F2N4O4. The highest BCUT2D eigenvalue weighted by atomic mass is 19.2. The van der Waals surface area contributed by atoms with Gasteiger partial charge in [0.1, 0.15) is 17.1 Å². The highest BCUT2D eigenvalue weighted by molar-refractivity contribution is 5.71. The second kappa shape index (κ2) is 9.26. The number of ether oxygens (including phenoxy) is 2. The summed E-state index contributed by atoms with van der Waals surface area (Å²) in [6.07, 6.45) is 2.69. The third-order valence-corrected chi connectivity index (χ3v) is 6.62. The Labute approximate surface area is 212 Å². The molecule has 2 aromatic carbocycles. The smallest absolute Gasteiger partial charge is 0.196 e. The fourth-order valence-electron chi connectivity index (χ4n) is 4.79. The Kier molecular flexibility index (Phi) is 6.23. The summed E-state index contributed by atoms with van der Waals surface area (Å²) in [7, 11) is 0. The molecule has 0 aliphatic carbocycles. The number of hydrogen-bond donors (Lipinski definition) is 1. The number of aliphatic hydroxyl groups is 1. The number of nitrogens with zero attached hydrogens (tertiary/aromatic N) is 4. The van der Waals surface area contributed by atoms with E-state index in [0.29, 0.717) is 55.0 Å². The van der Waals surface area contributed by atoms with E-state index in [1.807, 2.05) is 29.7 Å². The third kappa shape index (κ3) is 4.35. The molecule has 1 aliphatic heterocycles. The molecule has 194 valence electrons. The molecule has 0 fully saturated rings. The van der Waals surface area contributed by atoms with Gasteiger partial charge < -0.3 is 23.6 Å². The summed E-state index contributed by atoms with van der Waals surface area (Å²) in [4.78, 5) is 4.18. The first-order valence-corrected chi connectivity index (χ1v) is 12.1. The zero-order chi connectivity index (χ0) is 26.4. The van der Waals surface area contributed by atoms with Gasteiger partial charge in [-0.25, -0.2) is 13.8 Å². The molecule has 5 rings (SSSR count). The van der Waals surface area contributed by atoms with E-state index in [1.165, 1.54) is 6.07 Å². The number of aromatic nitrogens is 4. The van der Waals surface area contributed by atoms with Gasteiger partial charge in [-0.15, -0.1) is 10.2 Å². The van der Waals surface area contributed by atoms with Crippen LogP contribution >= 0.6 is 0 Å². The Hall–Kier alpha value is -3.79. The normalized spacial score (nSPS) is 17.5. The van der Waals surface area contributed by atoms with E-state index >= 15 is 0 Å². The van der Waals surface area contributed by atoms with Crippen LogP contribution in [0.15, 0.2) is 47.0 Å². The second-order valence-electron chi connectivity index (χ2n) is 9.55. The van der Waals surface area contributed by atoms with Crippen LogP contribution in [0, 0.1) is 18.6 Å². The van der Waals surface area contributed by atoms with Crippen molar-refractivity contribution in [2.45, 2.75) is 58.3 Å². The lowest BCUT2D eigenvalue weighted by Crippen LogP contribution is -2.55. The summed E-state index contributed by atoms with van der Waals surface area (Å²) < 4.78 is 47.2. The molecule has 0 radical (unpaired) electrons. The molecule has 0 amide bonds. The van der Waals surface area contributed by atoms with Gasteiger partial charge in [0.2, 0.25) is 0 Å². The predicted molar refractivity (Wildman–Crippen MR) is 131 cm³/mol. The molecule has 0 saturated carbocycles. The zero-order valence-electron chi connectivity index (χ0n) is 21.1. The summed E-state index contributed by atoms with van der Waals surface area (Å²) in [5.74, 6) is 0.797. The van der Waals surface area contributed by atoms with Crippen LogP contribution in [0.2, 0.25) is 0 Å². The van der Waals surface area contributed by atoms with Gasteiger partial charge in [-0.2, -0.15) is 0 Å². The van der Waals surface area contributed by atoms with Crippen molar-refractivity contribution in [2.24, 2.45) is 0 Å². The molecule has 0 spiro atoms. The zero-order valence-corrected chi connectivity index (χ0v) is 21.1. The first-order chi connectivity index (χ1) is 17.6. The van der Waals surface area contributed by atoms with Crippen LogP contribution in [0.25, 0.3) is 22.7 Å². The van der Waals surface area contributed by atoms with Crippen LogP contribution in [0.4, 0.5) is 8.78 Å². The number of aryl methyl sites for hydroxylation is 1. The fraction of sp³-hybridized carbons (Fsp3) is 0.370. The molecule has 10 heteroatoms. The third-order valence-electron chi connectivity index (χ3n) is 6.62. The average Bonchev–Trinajstić information content (AvgIpc) is 3.48. The topological polar surface area (TPSA) is 95.4 Å². The van der Waals surface area contributed by atoms with Crippen molar-refractivity contribution in [3.63, 3.8) is 0 Å². The number of benzene rings is 2. The van der Waals surface area contributed by atoms with E-state index < -0.39 is 22.8 Å². The molecule has 1 N–H and O–H groups in total. The lowest BCUT2D eigenvalue weighted by Gasteiger charge is -2.44. The minimum Gasteiger partial charge on any atom is -0.493 e. The summed E-state index contributed by atoms with van der Waals surface area (Å²) in [6.45, 7) is 7.93. The predicted octanol–water partition coefficient (Wildman–Crippen LogP) is 5.42. The highest BCUT2D eigenvalue weighted by Crippen LogP contribution is 2.45. The molecule has 37 heavy (non-hydrogen) atoms. The van der Waals surface area contributed by atoms with E-state index in [9.17, 15) is 13.9 Å². The fourth-order valence-corrected chi connectivity index (χ4v) is 4.79. The Bertz CT molecular complexity index is 1440. The molecule has 2 aromatic heterocycles. The van der Waals surface area contributed by atoms with Crippen molar-refractivity contribution in [1.29, 1.82) is 0 Å². The number of halogens is 2. The van der Waals surface area contributed by atoms with Gasteiger partial charge >= 0.3 is 0 Å². The summed E-state index contributed by atoms with van der Waals surface area (Å²) in [5, 5.41) is 20.2. The van der Waals surface area contributed by atoms with Crippen LogP contribution in [0.1, 0.15) is 45.3 Å². The van der Waals surface area contributed by atoms with Crippen molar-refractivity contribution in [2.75, 3.05) is 6.61 Å². The van der Waals surface area contributed by atoms with Gasteiger partial charge in [0, 0.05) is 25.1 Å². The van der Waals surface area contributed by atoms with Gasteiger partial charge in [0.25, 0.3) is 0 Å². The first kappa shape index (κ1) is 24.9. The van der Waals surface area contributed by atoms with Gasteiger partial charge in [0.15, 0.2) is 40.5 Å². The Morgan fingerprint density at radius 2 is 1.95 bits per heavy atom. The van der Waals surface area contributed by atoms with Crippen LogP contribution in [0.5, 0.6) is 11.5 Å². The lowest BCUT2D eigenvalue weighted by atomic mass is 9.79. The van der Waals surface area contributed by atoms with Crippen LogP contribution in [-0.4, -0.2) is 37.1 Å². The maximum absolute atomic E-state index is 14.0. The molecule has 1 unspecified atom stereocenters. The van der Waals surface area contributed by atoms with Crippen molar-refractivity contribution >= 4 is 0 Å². The number of fused-ring (bicyclic) bond motifs is 1. The van der Waals surface area contributed by atoms with Crippen molar-refractivity contribution in [1.82, 2.24) is 19.7 Å². The maximum Gasteiger partial charge on any atom is 0.196 e. The molecule has 1 aliphatic rings. The standard InChI is InChI=1S/C27H28F2N4O4/c1-5-35-22-13-17(7-9-19(22)23-15-30-16(2)36-23)24-31-32-25-27(26(3,4)34,11-6-12-33(24)25)37-18-8-10-20(28)21(29)14-18/h7-10,13-15,34H,5-6,11-12H2,1-4H3. The summed E-state index contributed by atoms with van der Waals surface area (Å²) >= 11 is 0. The van der Waals surface area contributed by atoms with Crippen molar-refractivity contribution in [3.05, 3.63) is 65.9 Å². The molecule has 0 saturated heterocycles. The number of hydrogen-bond acceptors (Lipinski definition) is 7. The van der Waals surface area contributed by atoms with E-state index in [4.69, 9.17) is 13.9 Å². The largest absolute Gasteiger partial charge is 0.493 e. The SMILES string of the molecule is CCOc1cc(-c2nnc3n2CCCC3(Oc2ccc(F)c(F)c2)C(C)(C)O)ccc1-c1cnc(C)o1. The molecule has 8 nitrogen and oxygen atoms in total. The number of rotatable bonds is 7.